The Bertz CT molecular complexity index is 506. The van der Waals surface area contributed by atoms with E-state index in [0.29, 0.717) is 11.4 Å². The van der Waals surface area contributed by atoms with Crippen molar-refractivity contribution in [3.8, 4) is 11.4 Å². The molecule has 0 saturated heterocycles. The highest BCUT2D eigenvalue weighted by molar-refractivity contribution is 5.66. The van der Waals surface area contributed by atoms with Gasteiger partial charge in [0.05, 0.1) is 10.5 Å². The third-order valence-electron chi connectivity index (χ3n) is 1.95. The Morgan fingerprint density at radius 2 is 2.27 bits per heavy atom. The lowest BCUT2D eigenvalue weighted by Gasteiger charge is -1.97. The van der Waals surface area contributed by atoms with Gasteiger partial charge in [0.1, 0.15) is 12.0 Å². The van der Waals surface area contributed by atoms with Gasteiger partial charge < -0.3 is 4.98 Å². The number of nitrogens with one attached hydrogen (secondary N) is 1. The summed E-state index contributed by atoms with van der Waals surface area (Å²) < 4.78 is 0. The highest BCUT2D eigenvalue weighted by atomic mass is 16.6. The van der Waals surface area contributed by atoms with E-state index in [1.165, 1.54) is 12.4 Å². The van der Waals surface area contributed by atoms with E-state index in [4.69, 9.17) is 0 Å². The van der Waals surface area contributed by atoms with E-state index in [9.17, 15) is 10.1 Å². The number of nitrogens with zero attached hydrogens (tertiary/aromatic N) is 3. The summed E-state index contributed by atoms with van der Waals surface area (Å²) in [7, 11) is 0. The first-order valence-electron chi connectivity index (χ1n) is 4.29. The van der Waals surface area contributed by atoms with E-state index in [2.05, 4.69) is 15.0 Å². The topological polar surface area (TPSA) is 84.7 Å². The lowest BCUT2D eigenvalue weighted by atomic mass is 10.2. The Morgan fingerprint density at radius 3 is 2.87 bits per heavy atom. The van der Waals surface area contributed by atoms with Crippen LogP contribution in [0.1, 0.15) is 5.69 Å². The zero-order valence-electron chi connectivity index (χ0n) is 7.97. The van der Waals surface area contributed by atoms with Crippen molar-refractivity contribution in [2.75, 3.05) is 0 Å². The van der Waals surface area contributed by atoms with Gasteiger partial charge in [-0.3, -0.25) is 15.1 Å². The van der Waals surface area contributed by atoms with E-state index in [1.807, 2.05) is 6.92 Å². The highest BCUT2D eigenvalue weighted by Gasteiger charge is 2.16. The second-order valence-corrected chi connectivity index (χ2v) is 3.06. The van der Waals surface area contributed by atoms with Crippen LogP contribution in [0, 0.1) is 17.0 Å². The van der Waals surface area contributed by atoms with Crippen molar-refractivity contribution in [2.24, 2.45) is 0 Å². The largest absolute Gasteiger partial charge is 0.342 e. The second kappa shape index (κ2) is 3.49. The molecule has 1 N–H and O–H groups in total. The second-order valence-electron chi connectivity index (χ2n) is 3.06. The highest BCUT2D eigenvalue weighted by Crippen LogP contribution is 2.25. The van der Waals surface area contributed by atoms with Gasteiger partial charge >= 0.3 is 0 Å². The molecule has 0 saturated carbocycles. The minimum absolute atomic E-state index is 0.0492. The molecule has 0 aliphatic rings. The van der Waals surface area contributed by atoms with Crippen LogP contribution in [0.3, 0.4) is 0 Å². The molecule has 0 atom stereocenters. The first kappa shape index (κ1) is 9.32. The number of H-pyrrole nitrogens is 1. The molecule has 0 unspecified atom stereocenters. The van der Waals surface area contributed by atoms with Crippen LogP contribution < -0.4 is 0 Å². The molecule has 0 fully saturated rings. The Hall–Kier alpha value is -2.24. The summed E-state index contributed by atoms with van der Waals surface area (Å²) in [6.07, 6.45) is 4.34. The number of rotatable bonds is 2. The Kier molecular flexibility index (Phi) is 2.17. The van der Waals surface area contributed by atoms with Crippen molar-refractivity contribution >= 4 is 5.69 Å². The number of imidazole rings is 1. The van der Waals surface area contributed by atoms with Crippen molar-refractivity contribution < 1.29 is 4.92 Å². The van der Waals surface area contributed by atoms with E-state index in [1.54, 1.807) is 12.3 Å². The maximum absolute atomic E-state index is 10.7. The number of aryl methyl sites for hydroxylation is 1. The molecule has 2 rings (SSSR count). The van der Waals surface area contributed by atoms with Gasteiger partial charge in [-0.15, -0.1) is 0 Å². The SMILES string of the molecule is Cc1cnc(-c2ccncc2[N+](=O)[O-])[nH]1. The molecule has 0 aliphatic carbocycles. The molecule has 0 radical (unpaired) electrons. The number of aromatic amines is 1. The van der Waals surface area contributed by atoms with Crippen molar-refractivity contribution in [3.05, 3.63) is 40.5 Å². The van der Waals surface area contributed by atoms with Crippen molar-refractivity contribution in [2.45, 2.75) is 6.92 Å². The van der Waals surface area contributed by atoms with Gasteiger partial charge in [-0.1, -0.05) is 0 Å². The van der Waals surface area contributed by atoms with Crippen LogP contribution in [-0.2, 0) is 0 Å². The standard InChI is InChI=1S/C9H8N4O2/c1-6-4-11-9(12-6)7-2-3-10-5-8(7)13(14)15/h2-5H,1H3,(H,11,12). The van der Waals surface area contributed by atoms with Gasteiger partial charge in [-0.2, -0.15) is 0 Å². The Morgan fingerprint density at radius 1 is 1.47 bits per heavy atom. The van der Waals surface area contributed by atoms with Gasteiger partial charge in [0.2, 0.25) is 0 Å². The molecule has 6 nitrogen and oxygen atoms in total. The van der Waals surface area contributed by atoms with Crippen molar-refractivity contribution in [1.82, 2.24) is 15.0 Å². The van der Waals surface area contributed by atoms with Gasteiger partial charge in [0.25, 0.3) is 5.69 Å². The summed E-state index contributed by atoms with van der Waals surface area (Å²) in [4.78, 5) is 21.0. The molecule has 76 valence electrons. The van der Waals surface area contributed by atoms with Crippen molar-refractivity contribution in [3.63, 3.8) is 0 Å². The number of hydrogen-bond acceptors (Lipinski definition) is 4. The van der Waals surface area contributed by atoms with E-state index >= 15 is 0 Å². The summed E-state index contributed by atoms with van der Waals surface area (Å²) in [6, 6.07) is 1.57. The number of nitro groups is 1. The molecule has 15 heavy (non-hydrogen) atoms. The number of aromatic nitrogens is 3. The third kappa shape index (κ3) is 1.69. The summed E-state index contributed by atoms with van der Waals surface area (Å²) in [5.41, 5.74) is 1.26. The molecule has 2 aromatic heterocycles. The van der Waals surface area contributed by atoms with E-state index in [-0.39, 0.29) is 5.69 Å². The van der Waals surface area contributed by atoms with Gasteiger partial charge in [-0.05, 0) is 13.0 Å². The monoisotopic (exact) mass is 204 g/mol. The van der Waals surface area contributed by atoms with E-state index < -0.39 is 4.92 Å². The summed E-state index contributed by atoms with van der Waals surface area (Å²) in [5, 5.41) is 10.7. The van der Waals surface area contributed by atoms with Crippen LogP contribution in [0.15, 0.2) is 24.7 Å². The fourth-order valence-corrected chi connectivity index (χ4v) is 1.28. The molecule has 2 heterocycles. The van der Waals surface area contributed by atoms with Crippen LogP contribution in [0.4, 0.5) is 5.69 Å². The Labute approximate surface area is 85.2 Å². The zero-order valence-corrected chi connectivity index (χ0v) is 7.97. The lowest BCUT2D eigenvalue weighted by molar-refractivity contribution is -0.384. The minimum Gasteiger partial charge on any atom is -0.342 e. The fraction of sp³-hybridized carbons (Fsp3) is 0.111. The summed E-state index contributed by atoms with van der Waals surface area (Å²) in [5.74, 6) is 0.488. The molecule has 0 bridgehead atoms. The minimum atomic E-state index is -0.472. The van der Waals surface area contributed by atoms with Crippen LogP contribution in [0.5, 0.6) is 0 Å². The first-order chi connectivity index (χ1) is 7.18. The van der Waals surface area contributed by atoms with E-state index in [0.717, 1.165) is 5.69 Å². The lowest BCUT2D eigenvalue weighted by Crippen LogP contribution is -1.93. The molecule has 0 amide bonds. The molecule has 0 aromatic carbocycles. The van der Waals surface area contributed by atoms with Gasteiger partial charge in [0, 0.05) is 18.1 Å². The predicted molar refractivity (Wildman–Crippen MR) is 53.2 cm³/mol. The fourth-order valence-electron chi connectivity index (χ4n) is 1.28. The maximum Gasteiger partial charge on any atom is 0.298 e. The maximum atomic E-state index is 10.7. The van der Waals surface area contributed by atoms with Crippen LogP contribution >= 0.6 is 0 Å². The van der Waals surface area contributed by atoms with Crippen LogP contribution in [0.2, 0.25) is 0 Å². The third-order valence-corrected chi connectivity index (χ3v) is 1.95. The van der Waals surface area contributed by atoms with Gasteiger partial charge in [-0.25, -0.2) is 4.98 Å². The average Bonchev–Trinajstić information content (AvgIpc) is 2.65. The van der Waals surface area contributed by atoms with Gasteiger partial charge in [0.15, 0.2) is 0 Å². The first-order valence-corrected chi connectivity index (χ1v) is 4.29. The summed E-state index contributed by atoms with van der Waals surface area (Å²) >= 11 is 0. The number of hydrogen-bond donors (Lipinski definition) is 1. The zero-order chi connectivity index (χ0) is 10.8. The predicted octanol–water partition coefficient (Wildman–Crippen LogP) is 1.69. The van der Waals surface area contributed by atoms with Crippen LogP contribution in [-0.4, -0.2) is 19.9 Å². The average molecular weight is 204 g/mol. The smallest absolute Gasteiger partial charge is 0.298 e. The Balaban J connectivity index is 2.57. The molecule has 2 aromatic rings. The molecule has 6 heteroatoms. The summed E-state index contributed by atoms with van der Waals surface area (Å²) in [6.45, 7) is 1.84. The molecule has 0 aliphatic heterocycles. The normalized spacial score (nSPS) is 10.2. The number of pyridine rings is 1. The molecular weight excluding hydrogens is 196 g/mol. The molecular formula is C9H8N4O2. The molecule has 0 spiro atoms. The van der Waals surface area contributed by atoms with Crippen LogP contribution in [0.25, 0.3) is 11.4 Å². The quantitative estimate of drug-likeness (QED) is 0.595. The van der Waals surface area contributed by atoms with Crippen molar-refractivity contribution in [1.29, 1.82) is 0 Å².